The molecule has 0 saturated heterocycles. The molecule has 1 atom stereocenters. The lowest BCUT2D eigenvalue weighted by atomic mass is 9.75. The lowest BCUT2D eigenvalue weighted by Gasteiger charge is -2.34. The van der Waals surface area contributed by atoms with E-state index < -0.39 is 0 Å². The third-order valence-electron chi connectivity index (χ3n) is 8.01. The van der Waals surface area contributed by atoms with Gasteiger partial charge in [0.05, 0.1) is 28.7 Å². The molecule has 1 saturated carbocycles. The van der Waals surface area contributed by atoms with Gasteiger partial charge >= 0.3 is 0 Å². The van der Waals surface area contributed by atoms with Crippen LogP contribution in [0.3, 0.4) is 0 Å². The molecule has 0 radical (unpaired) electrons. The van der Waals surface area contributed by atoms with E-state index in [0.29, 0.717) is 18.5 Å². The number of carbonyl (C=O) groups is 1. The molecule has 5 rings (SSSR count). The first kappa shape index (κ1) is 24.1. The smallest absolute Gasteiger partial charge is 0.167 e. The number of hydrogen-bond acceptors (Lipinski definition) is 5. The number of carbonyl (C=O) groups excluding carboxylic acids is 1. The van der Waals surface area contributed by atoms with E-state index in [2.05, 4.69) is 50.1 Å². The number of aryl methyl sites for hydroxylation is 1. The second-order valence-electron chi connectivity index (χ2n) is 11.7. The van der Waals surface area contributed by atoms with E-state index in [0.717, 1.165) is 85.4 Å². The van der Waals surface area contributed by atoms with Crippen LogP contribution in [0.4, 0.5) is 5.69 Å². The van der Waals surface area contributed by atoms with E-state index in [1.807, 2.05) is 11.6 Å². The zero-order chi connectivity index (χ0) is 24.9. The summed E-state index contributed by atoms with van der Waals surface area (Å²) in [5, 5.41) is 22.3. The highest BCUT2D eigenvalue weighted by molar-refractivity contribution is 6.00. The SMILES string of the molecule is C=C1NC(CCC)Cc2cc(-n3nc(C)c4c3CC(C)(C)CC4=O)cc(NC3CCC(O)CC3)c21. The molecule has 2 heterocycles. The van der Waals surface area contributed by atoms with E-state index in [4.69, 9.17) is 5.10 Å². The van der Waals surface area contributed by atoms with Gasteiger partial charge in [-0.05, 0) is 75.0 Å². The van der Waals surface area contributed by atoms with Crippen LogP contribution in [0.25, 0.3) is 11.4 Å². The monoisotopic (exact) mass is 476 g/mol. The first-order chi connectivity index (χ1) is 16.6. The molecule has 2 aliphatic carbocycles. The van der Waals surface area contributed by atoms with Crippen molar-refractivity contribution in [3.05, 3.63) is 46.8 Å². The lowest BCUT2D eigenvalue weighted by molar-refractivity contribution is 0.0910. The second kappa shape index (κ2) is 9.12. The molecular formula is C29H40N4O2. The number of rotatable bonds is 5. The first-order valence-electron chi connectivity index (χ1n) is 13.3. The summed E-state index contributed by atoms with van der Waals surface area (Å²) >= 11 is 0. The van der Waals surface area contributed by atoms with Crippen LogP contribution in [0.5, 0.6) is 0 Å². The fourth-order valence-electron chi connectivity index (χ4n) is 6.39. The van der Waals surface area contributed by atoms with Crippen LogP contribution in [0.2, 0.25) is 0 Å². The van der Waals surface area contributed by atoms with Crippen molar-refractivity contribution < 1.29 is 9.90 Å². The van der Waals surface area contributed by atoms with Crippen LogP contribution < -0.4 is 10.6 Å². The van der Waals surface area contributed by atoms with Crippen LogP contribution in [-0.4, -0.2) is 38.9 Å². The third kappa shape index (κ3) is 4.65. The van der Waals surface area contributed by atoms with Crippen molar-refractivity contribution in [2.24, 2.45) is 5.41 Å². The van der Waals surface area contributed by atoms with Crippen LogP contribution in [0, 0.1) is 12.3 Å². The van der Waals surface area contributed by atoms with Gasteiger partial charge in [-0.1, -0.05) is 33.8 Å². The Morgan fingerprint density at radius 2 is 1.94 bits per heavy atom. The van der Waals surface area contributed by atoms with Crippen LogP contribution in [0.15, 0.2) is 18.7 Å². The summed E-state index contributed by atoms with van der Waals surface area (Å²) in [5.74, 6) is 0.206. The fourth-order valence-corrected chi connectivity index (χ4v) is 6.39. The van der Waals surface area contributed by atoms with Crippen LogP contribution in [-0.2, 0) is 12.8 Å². The number of hydrogen-bond donors (Lipinski definition) is 3. The van der Waals surface area contributed by atoms with Crippen molar-refractivity contribution >= 4 is 17.2 Å². The fraction of sp³-hybridized carbons (Fsp3) is 0.586. The van der Waals surface area contributed by atoms with Crippen molar-refractivity contribution in [2.45, 2.75) is 104 Å². The van der Waals surface area contributed by atoms with Gasteiger partial charge in [-0.3, -0.25) is 4.79 Å². The number of benzene rings is 1. The Morgan fingerprint density at radius 3 is 2.66 bits per heavy atom. The van der Waals surface area contributed by atoms with Crippen molar-refractivity contribution in [3.8, 4) is 5.69 Å². The van der Waals surface area contributed by atoms with Crippen LogP contribution >= 0.6 is 0 Å². The van der Waals surface area contributed by atoms with Gasteiger partial charge in [-0.15, -0.1) is 0 Å². The van der Waals surface area contributed by atoms with Gasteiger partial charge in [0.25, 0.3) is 0 Å². The Kier molecular flexibility index (Phi) is 6.28. The third-order valence-corrected chi connectivity index (χ3v) is 8.01. The number of fused-ring (bicyclic) bond motifs is 2. The molecule has 188 valence electrons. The molecule has 6 nitrogen and oxygen atoms in total. The molecule has 35 heavy (non-hydrogen) atoms. The zero-order valence-corrected chi connectivity index (χ0v) is 21.7. The highest BCUT2D eigenvalue weighted by atomic mass is 16.3. The normalized spacial score (nSPS) is 25.6. The highest BCUT2D eigenvalue weighted by Gasteiger charge is 2.36. The molecule has 6 heteroatoms. The highest BCUT2D eigenvalue weighted by Crippen LogP contribution is 2.39. The standard InChI is InChI=1S/C29H40N4O2/c1-6-7-21-12-19-13-22(33-25-15-29(4,5)16-26(35)28(25)18(3)32-33)14-24(27(19)17(2)30-21)31-20-8-10-23(34)11-9-20/h13-14,20-21,23,30-31,34H,2,6-12,15-16H2,1,3-5H3. The van der Waals surface area contributed by atoms with Gasteiger partial charge in [0.1, 0.15) is 0 Å². The summed E-state index contributed by atoms with van der Waals surface area (Å²) in [6, 6.07) is 5.16. The average molecular weight is 477 g/mol. The molecule has 0 spiro atoms. The zero-order valence-electron chi connectivity index (χ0n) is 21.7. The molecule has 3 aliphatic rings. The first-order valence-corrected chi connectivity index (χ1v) is 13.3. The molecule has 0 amide bonds. The molecule has 1 fully saturated rings. The summed E-state index contributed by atoms with van der Waals surface area (Å²) < 4.78 is 2.03. The Hall–Kier alpha value is -2.60. The maximum Gasteiger partial charge on any atom is 0.167 e. The molecule has 1 unspecified atom stereocenters. The molecule has 2 aromatic rings. The number of nitrogens with one attached hydrogen (secondary N) is 2. The van der Waals surface area contributed by atoms with Gasteiger partial charge in [-0.2, -0.15) is 5.10 Å². The minimum Gasteiger partial charge on any atom is -0.393 e. The Morgan fingerprint density at radius 1 is 1.20 bits per heavy atom. The Bertz CT molecular complexity index is 1150. The quantitative estimate of drug-likeness (QED) is 0.543. The summed E-state index contributed by atoms with van der Waals surface area (Å²) in [6.45, 7) is 12.9. The predicted octanol–water partition coefficient (Wildman–Crippen LogP) is 5.34. The van der Waals surface area contributed by atoms with E-state index in [-0.39, 0.29) is 17.3 Å². The summed E-state index contributed by atoms with van der Waals surface area (Å²) in [7, 11) is 0. The Balaban J connectivity index is 1.60. The van der Waals surface area contributed by atoms with Gasteiger partial charge < -0.3 is 15.7 Å². The number of nitrogens with zero attached hydrogens (tertiary/aromatic N) is 2. The number of aliphatic hydroxyl groups excluding tert-OH is 1. The van der Waals surface area contributed by atoms with E-state index >= 15 is 0 Å². The van der Waals surface area contributed by atoms with Crippen molar-refractivity contribution in [1.29, 1.82) is 0 Å². The number of aliphatic hydroxyl groups is 1. The maximum atomic E-state index is 13.0. The summed E-state index contributed by atoms with van der Waals surface area (Å²) in [6.07, 6.45) is 7.97. The molecule has 0 bridgehead atoms. The van der Waals surface area contributed by atoms with Crippen molar-refractivity contribution in [3.63, 3.8) is 0 Å². The second-order valence-corrected chi connectivity index (χ2v) is 11.7. The number of aromatic nitrogens is 2. The maximum absolute atomic E-state index is 13.0. The van der Waals surface area contributed by atoms with Gasteiger partial charge in [0, 0.05) is 35.5 Å². The lowest BCUT2D eigenvalue weighted by Crippen LogP contribution is -2.35. The largest absolute Gasteiger partial charge is 0.393 e. The minimum absolute atomic E-state index is 0.0725. The van der Waals surface area contributed by atoms with Gasteiger partial charge in [0.15, 0.2) is 5.78 Å². The average Bonchev–Trinajstić information content (AvgIpc) is 3.10. The van der Waals surface area contributed by atoms with Gasteiger partial charge in [-0.25, -0.2) is 4.68 Å². The number of anilines is 1. The van der Waals surface area contributed by atoms with Crippen molar-refractivity contribution in [2.75, 3.05) is 5.32 Å². The molecule has 1 aromatic heterocycles. The summed E-state index contributed by atoms with van der Waals surface area (Å²) in [5.41, 5.74) is 8.12. The number of ketones is 1. The minimum atomic E-state index is -0.181. The number of Topliss-reactive ketones (excluding diaryl/α,β-unsaturated/α-hetero) is 1. The molecule has 3 N–H and O–H groups in total. The van der Waals surface area contributed by atoms with E-state index in [9.17, 15) is 9.90 Å². The van der Waals surface area contributed by atoms with E-state index in [1.54, 1.807) is 0 Å². The molecular weight excluding hydrogens is 436 g/mol. The summed E-state index contributed by atoms with van der Waals surface area (Å²) in [4.78, 5) is 13.0. The topological polar surface area (TPSA) is 79.2 Å². The molecule has 1 aliphatic heterocycles. The van der Waals surface area contributed by atoms with E-state index in [1.165, 1.54) is 11.1 Å². The van der Waals surface area contributed by atoms with Crippen LogP contribution in [0.1, 0.15) is 98.6 Å². The van der Waals surface area contributed by atoms with Crippen molar-refractivity contribution in [1.82, 2.24) is 15.1 Å². The van der Waals surface area contributed by atoms with Gasteiger partial charge in [0.2, 0.25) is 0 Å². The predicted molar refractivity (Wildman–Crippen MR) is 141 cm³/mol. The molecule has 1 aromatic carbocycles. The Labute approximate surface area is 209 Å².